The number of halogens is 2. The van der Waals surface area contributed by atoms with Crippen LogP contribution >= 0.6 is 33.5 Å². The number of nitrogens with zero attached hydrogens (tertiary/aromatic N) is 4. The minimum absolute atomic E-state index is 0.0929. The number of methoxy groups -OCH3 is 1. The minimum atomic E-state index is -1.94. The Hall–Kier alpha value is -3.67. The molecule has 45 heavy (non-hydrogen) atoms. The lowest BCUT2D eigenvalue weighted by molar-refractivity contribution is -0.152. The predicted molar refractivity (Wildman–Crippen MR) is 177 cm³/mol. The molecule has 5 rings (SSSR count). The molecule has 0 amide bonds. The van der Waals surface area contributed by atoms with Crippen molar-refractivity contribution in [2.75, 3.05) is 26.9 Å². The van der Waals surface area contributed by atoms with Gasteiger partial charge in [-0.2, -0.15) is 5.10 Å². The molecule has 0 saturated carbocycles. The standard InChI is InChI=1S/C33H34Cl2N4O5S/c1-33(2,3)45(23-12-7-5-8-13-23,24-14-9-6-10-15-24)43-19-18-42-21-28(32(40)41-4)44-31-25-20-38-39(30(25)36-22-37-31)27-17-11-16-26(34)29(27)35/h5-17,20,22,28H,18-19,21H2,1-4H3/t28-/m0/s1. The second-order valence-corrected chi connectivity index (χ2v) is 15.2. The first kappa shape index (κ1) is 32.7. The van der Waals surface area contributed by atoms with E-state index in [1.807, 2.05) is 36.4 Å². The minimum Gasteiger partial charge on any atom is -0.466 e. The maximum absolute atomic E-state index is 12.7. The normalized spacial score (nSPS) is 13.0. The Morgan fingerprint density at radius 1 is 0.911 bits per heavy atom. The number of carbonyl (C=O) groups excluding carboxylic acids is 1. The SMILES string of the molecule is COC(=O)[C@H](COCCOS(c1ccccc1)(c1ccccc1)C(C)(C)C)Oc1ncnc2c1cnn2-c1cccc(Cl)c1Cl. The van der Waals surface area contributed by atoms with Crippen LogP contribution in [0.25, 0.3) is 16.7 Å². The fraction of sp³-hybridized carbons (Fsp3) is 0.273. The second kappa shape index (κ2) is 14.2. The molecule has 0 aliphatic carbocycles. The molecule has 2 aromatic heterocycles. The van der Waals surface area contributed by atoms with Crippen LogP contribution in [0.5, 0.6) is 5.88 Å². The lowest BCUT2D eigenvalue weighted by Gasteiger charge is -2.50. The molecule has 1 atom stereocenters. The quantitative estimate of drug-likeness (QED) is 0.0985. The Balaban J connectivity index is 1.32. The van der Waals surface area contributed by atoms with E-state index in [1.165, 1.54) is 24.3 Å². The van der Waals surface area contributed by atoms with Crippen LogP contribution in [0.3, 0.4) is 0 Å². The van der Waals surface area contributed by atoms with E-state index in [4.69, 9.17) is 41.6 Å². The van der Waals surface area contributed by atoms with Crippen LogP contribution in [-0.4, -0.2) is 63.5 Å². The molecular weight excluding hydrogens is 635 g/mol. The highest BCUT2D eigenvalue weighted by Gasteiger charge is 2.41. The number of esters is 1. The van der Waals surface area contributed by atoms with Gasteiger partial charge in [0.15, 0.2) is 5.65 Å². The van der Waals surface area contributed by atoms with Gasteiger partial charge in [-0.25, -0.2) is 19.4 Å². The molecule has 0 radical (unpaired) electrons. The summed E-state index contributed by atoms with van der Waals surface area (Å²) in [7, 11) is -0.649. The van der Waals surface area contributed by atoms with Crippen LogP contribution in [-0.2, 0) is 18.5 Å². The monoisotopic (exact) mass is 668 g/mol. The van der Waals surface area contributed by atoms with Gasteiger partial charge < -0.3 is 18.4 Å². The van der Waals surface area contributed by atoms with Gasteiger partial charge in [-0.3, -0.25) is 0 Å². The molecule has 12 heteroatoms. The van der Waals surface area contributed by atoms with Gasteiger partial charge in [-0.05, 0) is 57.2 Å². The Morgan fingerprint density at radius 3 is 2.20 bits per heavy atom. The number of fused-ring (bicyclic) bond motifs is 1. The van der Waals surface area contributed by atoms with Crippen molar-refractivity contribution in [3.8, 4) is 11.6 Å². The maximum atomic E-state index is 12.7. The predicted octanol–water partition coefficient (Wildman–Crippen LogP) is 7.71. The second-order valence-electron chi connectivity index (χ2n) is 10.9. The van der Waals surface area contributed by atoms with Crippen LogP contribution in [0.4, 0.5) is 0 Å². The molecule has 0 aliphatic rings. The summed E-state index contributed by atoms with van der Waals surface area (Å²) < 4.78 is 25.1. The van der Waals surface area contributed by atoms with Crippen molar-refractivity contribution >= 4 is 50.5 Å². The van der Waals surface area contributed by atoms with Crippen LogP contribution in [0, 0.1) is 0 Å². The zero-order valence-corrected chi connectivity index (χ0v) is 27.7. The lowest BCUT2D eigenvalue weighted by atomic mass is 10.3. The Labute approximate surface area is 273 Å². The van der Waals surface area contributed by atoms with Crippen molar-refractivity contribution in [3.63, 3.8) is 0 Å². The first-order chi connectivity index (χ1) is 21.7. The van der Waals surface area contributed by atoms with E-state index in [0.717, 1.165) is 9.79 Å². The van der Waals surface area contributed by atoms with Crippen molar-refractivity contribution in [2.45, 2.75) is 41.4 Å². The van der Waals surface area contributed by atoms with Gasteiger partial charge in [0.1, 0.15) is 11.7 Å². The molecule has 0 N–H and O–H groups in total. The molecule has 0 saturated heterocycles. The molecule has 0 aliphatic heterocycles. The first-order valence-corrected chi connectivity index (χ1v) is 16.5. The number of rotatable bonds is 12. The van der Waals surface area contributed by atoms with Crippen molar-refractivity contribution in [1.82, 2.24) is 19.7 Å². The summed E-state index contributed by atoms with van der Waals surface area (Å²) >= 11 is 12.6. The Bertz CT molecular complexity index is 1710. The summed E-state index contributed by atoms with van der Waals surface area (Å²) in [5, 5.41) is 5.58. The smallest absolute Gasteiger partial charge is 0.349 e. The van der Waals surface area contributed by atoms with E-state index in [9.17, 15) is 4.79 Å². The zero-order chi connectivity index (χ0) is 32.0. The van der Waals surface area contributed by atoms with Gasteiger partial charge in [0.25, 0.3) is 0 Å². The molecule has 2 heterocycles. The fourth-order valence-corrected chi connectivity index (χ4v) is 9.04. The molecule has 9 nitrogen and oxygen atoms in total. The summed E-state index contributed by atoms with van der Waals surface area (Å²) in [6, 6.07) is 25.8. The average molecular weight is 670 g/mol. The van der Waals surface area contributed by atoms with Crippen LogP contribution < -0.4 is 4.74 Å². The summed E-state index contributed by atoms with van der Waals surface area (Å²) in [4.78, 5) is 23.6. The summed E-state index contributed by atoms with van der Waals surface area (Å²) in [6.07, 6.45) is 1.75. The van der Waals surface area contributed by atoms with Gasteiger partial charge in [-0.15, -0.1) is 0 Å². The maximum Gasteiger partial charge on any atom is 0.349 e. The van der Waals surface area contributed by atoms with Gasteiger partial charge in [0.2, 0.25) is 12.0 Å². The van der Waals surface area contributed by atoms with Crippen molar-refractivity contribution in [2.24, 2.45) is 0 Å². The summed E-state index contributed by atoms with van der Waals surface area (Å²) in [5.41, 5.74) is 0.960. The number of benzene rings is 3. The molecule has 0 fully saturated rings. The molecule has 0 spiro atoms. The van der Waals surface area contributed by atoms with Gasteiger partial charge in [-0.1, -0.05) is 76.0 Å². The average Bonchev–Trinajstić information content (AvgIpc) is 3.48. The van der Waals surface area contributed by atoms with E-state index in [2.05, 4.69) is 60.1 Å². The van der Waals surface area contributed by atoms with Crippen molar-refractivity contribution in [1.29, 1.82) is 0 Å². The number of hydrogen-bond donors (Lipinski definition) is 0. The fourth-order valence-electron chi connectivity index (χ4n) is 4.95. The van der Waals surface area contributed by atoms with E-state index < -0.39 is 22.4 Å². The van der Waals surface area contributed by atoms with Gasteiger partial charge in [0.05, 0.1) is 48.9 Å². The third-order valence-corrected chi connectivity index (χ3v) is 11.9. The molecule has 5 aromatic rings. The number of ether oxygens (including phenoxy) is 3. The molecule has 236 valence electrons. The highest BCUT2D eigenvalue weighted by molar-refractivity contribution is 8.31. The van der Waals surface area contributed by atoms with E-state index in [1.54, 1.807) is 18.2 Å². The highest BCUT2D eigenvalue weighted by Crippen LogP contribution is 2.71. The van der Waals surface area contributed by atoms with Gasteiger partial charge in [0, 0.05) is 14.5 Å². The van der Waals surface area contributed by atoms with E-state index in [-0.39, 0.29) is 30.4 Å². The summed E-state index contributed by atoms with van der Waals surface area (Å²) in [5.74, 6) is -0.472. The van der Waals surface area contributed by atoms with Crippen molar-refractivity contribution in [3.05, 3.63) is 101 Å². The third kappa shape index (κ3) is 6.80. The van der Waals surface area contributed by atoms with Crippen LogP contribution in [0.15, 0.2) is 101 Å². The number of aromatic nitrogens is 4. The molecule has 0 unspecified atom stereocenters. The summed E-state index contributed by atoms with van der Waals surface area (Å²) in [6.45, 7) is 6.98. The first-order valence-electron chi connectivity index (χ1n) is 14.2. The number of hydrogen-bond acceptors (Lipinski definition) is 8. The largest absolute Gasteiger partial charge is 0.466 e. The number of carbonyl (C=O) groups is 1. The molecular formula is C33H34Cl2N4O5S. The molecule has 3 aromatic carbocycles. The van der Waals surface area contributed by atoms with E-state index >= 15 is 0 Å². The Kier molecular flexibility index (Phi) is 10.3. The van der Waals surface area contributed by atoms with Crippen LogP contribution in [0.1, 0.15) is 20.8 Å². The Morgan fingerprint density at radius 2 is 1.58 bits per heavy atom. The third-order valence-electron chi connectivity index (χ3n) is 6.98. The molecule has 0 bridgehead atoms. The van der Waals surface area contributed by atoms with Crippen molar-refractivity contribution < 1.29 is 23.2 Å². The van der Waals surface area contributed by atoms with E-state index in [0.29, 0.717) is 26.8 Å². The lowest BCUT2D eigenvalue weighted by Crippen LogP contribution is -2.34. The van der Waals surface area contributed by atoms with Crippen LogP contribution in [0.2, 0.25) is 10.0 Å². The van der Waals surface area contributed by atoms with Gasteiger partial charge >= 0.3 is 5.97 Å². The highest BCUT2D eigenvalue weighted by atomic mass is 35.5. The zero-order valence-electron chi connectivity index (χ0n) is 25.4. The topological polar surface area (TPSA) is 97.6 Å².